The maximum atomic E-state index is 12.7. The predicted molar refractivity (Wildman–Crippen MR) is 255 cm³/mol. The van der Waals surface area contributed by atoms with Crippen LogP contribution in [0.5, 0.6) is 0 Å². The molecule has 0 spiro atoms. The van der Waals surface area contributed by atoms with Crippen LogP contribution in [0.25, 0.3) is 0 Å². The molecular weight excluding hydrogens is 770 g/mol. The Kier molecular flexibility index (Phi) is 44.7. The van der Waals surface area contributed by atoms with Crippen LogP contribution in [0.2, 0.25) is 0 Å². The van der Waals surface area contributed by atoms with Crippen LogP contribution < -0.4 is 4.89 Å². The number of carbonyl (C=O) groups excluding carboxylic acids is 1. The van der Waals surface area contributed by atoms with Gasteiger partial charge in [0.2, 0.25) is 0 Å². The number of unbranched alkanes of at least 4 members (excludes halogenated alkanes) is 36. The summed E-state index contributed by atoms with van der Waals surface area (Å²) in [7, 11) is 1.38. The number of quaternary nitrogens is 1. The molecule has 0 bridgehead atoms. The number of ether oxygens (including phenoxy) is 2. The van der Waals surface area contributed by atoms with E-state index in [0.717, 1.165) is 32.1 Å². The molecule has 0 aromatic carbocycles. The van der Waals surface area contributed by atoms with Crippen molar-refractivity contribution in [3.05, 3.63) is 0 Å². The molecule has 1 unspecified atom stereocenters. The highest BCUT2D eigenvalue weighted by atomic mass is 31.2. The van der Waals surface area contributed by atoms with Crippen LogP contribution >= 0.6 is 7.82 Å². The van der Waals surface area contributed by atoms with Crippen molar-refractivity contribution in [2.45, 2.75) is 270 Å². The zero-order valence-electron chi connectivity index (χ0n) is 40.9. The zero-order chi connectivity index (χ0) is 44.1. The van der Waals surface area contributed by atoms with E-state index in [1.54, 1.807) is 0 Å². The number of carbonyl (C=O) groups is 1. The van der Waals surface area contributed by atoms with Crippen LogP contribution in [-0.4, -0.2) is 70.7 Å². The van der Waals surface area contributed by atoms with Gasteiger partial charge in [-0.1, -0.05) is 245 Å². The van der Waals surface area contributed by atoms with Gasteiger partial charge in [-0.25, -0.2) is 0 Å². The van der Waals surface area contributed by atoms with Gasteiger partial charge in [0.15, 0.2) is 0 Å². The molecule has 0 saturated heterocycles. The lowest BCUT2D eigenvalue weighted by molar-refractivity contribution is -0.870. The van der Waals surface area contributed by atoms with Crippen molar-refractivity contribution < 1.29 is 37.3 Å². The molecule has 0 amide bonds. The second-order valence-electron chi connectivity index (χ2n) is 19.3. The van der Waals surface area contributed by atoms with Gasteiger partial charge in [-0.2, -0.15) is 0 Å². The molecule has 9 heteroatoms. The summed E-state index contributed by atoms with van der Waals surface area (Å²) in [6.07, 6.45) is 49.9. The van der Waals surface area contributed by atoms with E-state index in [4.69, 9.17) is 18.5 Å². The van der Waals surface area contributed by atoms with Crippen molar-refractivity contribution in [3.63, 3.8) is 0 Å². The van der Waals surface area contributed by atoms with Crippen LogP contribution in [0, 0.1) is 0 Å². The summed E-state index contributed by atoms with van der Waals surface area (Å²) in [6, 6.07) is 0. The molecule has 60 heavy (non-hydrogen) atoms. The molecule has 0 heterocycles. The fraction of sp³-hybridized carbons (Fsp3) is 0.980. The van der Waals surface area contributed by atoms with Gasteiger partial charge in [0.25, 0.3) is 7.82 Å². The minimum Gasteiger partial charge on any atom is -0.756 e. The van der Waals surface area contributed by atoms with E-state index >= 15 is 0 Å². The Morgan fingerprint density at radius 2 is 0.767 bits per heavy atom. The Bertz CT molecular complexity index is 930. The van der Waals surface area contributed by atoms with Gasteiger partial charge >= 0.3 is 5.97 Å². The first-order valence-corrected chi connectivity index (χ1v) is 27.7. The quantitative estimate of drug-likeness (QED) is 0.0260. The molecule has 0 saturated carbocycles. The molecule has 360 valence electrons. The van der Waals surface area contributed by atoms with Crippen LogP contribution in [0.1, 0.15) is 264 Å². The number of nitrogens with zero attached hydrogens (tertiary/aromatic N) is 1. The van der Waals surface area contributed by atoms with Gasteiger partial charge in [-0.05, 0) is 12.8 Å². The van der Waals surface area contributed by atoms with Crippen LogP contribution in [-0.2, 0) is 27.9 Å². The maximum absolute atomic E-state index is 12.7. The first-order chi connectivity index (χ1) is 29.1. The van der Waals surface area contributed by atoms with E-state index in [0.29, 0.717) is 24.1 Å². The first-order valence-electron chi connectivity index (χ1n) is 26.3. The number of phosphoric ester groups is 1. The number of esters is 1. The standard InChI is InChI=1S/C51H104NO7P/c1-6-8-10-12-14-16-18-20-22-23-24-25-26-27-28-29-30-31-32-34-36-38-40-42-44-51(53)59-50(49-58-60(54,55)57-47-45-52(3,4)5)48-56-46-43-41-39-37-35-33-21-19-17-15-13-11-9-7-2/h50H,6-49H2,1-5H3/t50-/m1/s1. The highest BCUT2D eigenvalue weighted by molar-refractivity contribution is 7.45. The van der Waals surface area contributed by atoms with Gasteiger partial charge in [0, 0.05) is 13.0 Å². The van der Waals surface area contributed by atoms with E-state index in [-0.39, 0.29) is 25.8 Å². The predicted octanol–water partition coefficient (Wildman–Crippen LogP) is 15.4. The highest BCUT2D eigenvalue weighted by Gasteiger charge is 2.20. The third-order valence-electron chi connectivity index (χ3n) is 11.9. The molecule has 0 rings (SSSR count). The smallest absolute Gasteiger partial charge is 0.306 e. The third kappa shape index (κ3) is 48.5. The molecule has 0 aliphatic carbocycles. The van der Waals surface area contributed by atoms with Crippen LogP contribution in [0.4, 0.5) is 0 Å². The Balaban J connectivity index is 4.02. The maximum Gasteiger partial charge on any atom is 0.306 e. The Morgan fingerprint density at radius 1 is 0.450 bits per heavy atom. The highest BCUT2D eigenvalue weighted by Crippen LogP contribution is 2.38. The van der Waals surface area contributed by atoms with Gasteiger partial charge in [0.05, 0.1) is 34.4 Å². The van der Waals surface area contributed by atoms with E-state index in [1.807, 2.05) is 21.1 Å². The lowest BCUT2D eigenvalue weighted by atomic mass is 10.0. The molecule has 0 N–H and O–H groups in total. The molecule has 0 aromatic heterocycles. The average molecular weight is 874 g/mol. The van der Waals surface area contributed by atoms with Gasteiger partial charge in [0.1, 0.15) is 19.3 Å². The average Bonchev–Trinajstić information content (AvgIpc) is 3.20. The van der Waals surface area contributed by atoms with E-state index < -0.39 is 13.9 Å². The van der Waals surface area contributed by atoms with Crippen molar-refractivity contribution in [3.8, 4) is 0 Å². The number of rotatable bonds is 50. The van der Waals surface area contributed by atoms with Crippen molar-refractivity contribution in [1.82, 2.24) is 0 Å². The topological polar surface area (TPSA) is 94.1 Å². The number of likely N-dealkylation sites (N-methyl/N-ethyl adjacent to an activating group) is 1. The second kappa shape index (κ2) is 45.1. The third-order valence-corrected chi connectivity index (χ3v) is 12.9. The van der Waals surface area contributed by atoms with Crippen LogP contribution in [0.3, 0.4) is 0 Å². The second-order valence-corrected chi connectivity index (χ2v) is 20.7. The monoisotopic (exact) mass is 874 g/mol. The molecule has 0 radical (unpaired) electrons. The first kappa shape index (κ1) is 59.5. The molecule has 0 aliphatic heterocycles. The summed E-state index contributed by atoms with van der Waals surface area (Å²) in [5.41, 5.74) is 0. The number of hydrogen-bond donors (Lipinski definition) is 0. The fourth-order valence-corrected chi connectivity index (χ4v) is 8.57. The Morgan fingerprint density at radius 3 is 1.10 bits per heavy atom. The largest absolute Gasteiger partial charge is 0.756 e. The fourth-order valence-electron chi connectivity index (χ4n) is 7.84. The van der Waals surface area contributed by atoms with Gasteiger partial charge in [-0.15, -0.1) is 0 Å². The normalized spacial score (nSPS) is 13.5. The van der Waals surface area contributed by atoms with Crippen molar-refractivity contribution >= 4 is 13.8 Å². The summed E-state index contributed by atoms with van der Waals surface area (Å²) in [5, 5.41) is 0. The minimum absolute atomic E-state index is 0.0317. The summed E-state index contributed by atoms with van der Waals surface area (Å²) < 4.78 is 34.7. The van der Waals surface area contributed by atoms with Gasteiger partial charge < -0.3 is 27.9 Å². The summed E-state index contributed by atoms with van der Waals surface area (Å²) in [6.45, 7) is 5.49. The molecule has 0 aromatic rings. The minimum atomic E-state index is -4.52. The Labute approximate surface area is 374 Å². The molecule has 0 fully saturated rings. The molecule has 8 nitrogen and oxygen atoms in total. The van der Waals surface area contributed by atoms with Gasteiger partial charge in [-0.3, -0.25) is 9.36 Å². The summed E-state index contributed by atoms with van der Waals surface area (Å²) >= 11 is 0. The number of hydrogen-bond acceptors (Lipinski definition) is 7. The SMILES string of the molecule is CCCCCCCCCCCCCCCCCCCCCCCCCCC(=O)O[C@H](COCCCCCCCCCCCCCCCC)COP(=O)([O-])OCC[N+](C)(C)C. The van der Waals surface area contributed by atoms with Crippen molar-refractivity contribution in [2.75, 3.05) is 54.1 Å². The van der Waals surface area contributed by atoms with E-state index in [9.17, 15) is 14.3 Å². The summed E-state index contributed by atoms with van der Waals surface area (Å²) in [4.78, 5) is 25.2. The molecule has 2 atom stereocenters. The lowest BCUT2D eigenvalue weighted by Gasteiger charge is -2.28. The Hall–Kier alpha value is -0.500. The van der Waals surface area contributed by atoms with Crippen molar-refractivity contribution in [1.29, 1.82) is 0 Å². The van der Waals surface area contributed by atoms with Crippen LogP contribution in [0.15, 0.2) is 0 Å². The lowest BCUT2D eigenvalue weighted by Crippen LogP contribution is -2.37. The van der Waals surface area contributed by atoms with Crippen molar-refractivity contribution in [2.24, 2.45) is 0 Å². The molecule has 0 aliphatic rings. The zero-order valence-corrected chi connectivity index (χ0v) is 41.8. The van der Waals surface area contributed by atoms with E-state index in [1.165, 1.54) is 212 Å². The molecular formula is C51H104NO7P. The summed E-state index contributed by atoms with van der Waals surface area (Å²) in [5.74, 6) is -0.325. The van der Waals surface area contributed by atoms with E-state index in [2.05, 4.69) is 13.8 Å². The number of phosphoric acid groups is 1.